The monoisotopic (exact) mass is 432 g/mol. The van der Waals surface area contributed by atoms with Crippen LogP contribution in [0.3, 0.4) is 0 Å². The lowest BCUT2D eigenvalue weighted by Gasteiger charge is -2.15. The van der Waals surface area contributed by atoms with Crippen molar-refractivity contribution in [3.05, 3.63) is 88.9 Å². The number of thioether (sulfide) groups is 1. The average molecular weight is 433 g/mol. The van der Waals surface area contributed by atoms with Crippen LogP contribution in [0.5, 0.6) is 0 Å². The molecule has 30 heavy (non-hydrogen) atoms. The van der Waals surface area contributed by atoms with Crippen LogP contribution in [-0.2, 0) is 4.79 Å². The molecule has 0 spiro atoms. The van der Waals surface area contributed by atoms with E-state index >= 15 is 0 Å². The molecule has 1 aromatic heterocycles. The summed E-state index contributed by atoms with van der Waals surface area (Å²) in [6.07, 6.45) is 0. The Balaban J connectivity index is 1.27. The summed E-state index contributed by atoms with van der Waals surface area (Å²) in [5, 5.41) is 11.5. The van der Waals surface area contributed by atoms with Crippen molar-refractivity contribution in [2.24, 2.45) is 0 Å². The molecule has 0 atom stereocenters. The van der Waals surface area contributed by atoms with Gasteiger partial charge >= 0.3 is 0 Å². The number of aromatic amines is 1. The van der Waals surface area contributed by atoms with Gasteiger partial charge in [0, 0.05) is 10.6 Å². The van der Waals surface area contributed by atoms with Crippen molar-refractivity contribution in [3.8, 4) is 22.5 Å². The van der Waals surface area contributed by atoms with E-state index in [9.17, 15) is 4.79 Å². The summed E-state index contributed by atoms with van der Waals surface area (Å²) < 4.78 is 0. The third kappa shape index (κ3) is 3.60. The van der Waals surface area contributed by atoms with E-state index in [1.54, 1.807) is 12.1 Å². The number of hydrogen-bond acceptors (Lipinski definition) is 4. The number of amides is 1. The van der Waals surface area contributed by atoms with Gasteiger partial charge in [-0.15, -0.1) is 5.10 Å². The van der Waals surface area contributed by atoms with Crippen molar-refractivity contribution in [2.45, 2.75) is 11.2 Å². The number of hydrogen-bond donors (Lipinski definition) is 2. The zero-order chi connectivity index (χ0) is 20.5. The van der Waals surface area contributed by atoms with Crippen molar-refractivity contribution in [1.82, 2.24) is 20.5 Å². The Morgan fingerprint density at radius 2 is 1.60 bits per heavy atom. The van der Waals surface area contributed by atoms with E-state index in [1.165, 1.54) is 22.9 Å². The SMILES string of the molecule is O=C(CSc1n[nH]c(-c2ccc(Cl)cc2)n1)NC1c2ccccc2-c2ccccc21. The Morgan fingerprint density at radius 1 is 0.967 bits per heavy atom. The number of aromatic nitrogens is 3. The minimum atomic E-state index is -0.137. The van der Waals surface area contributed by atoms with Crippen LogP contribution in [0.15, 0.2) is 78.0 Å². The summed E-state index contributed by atoms with van der Waals surface area (Å²) in [5.41, 5.74) is 5.49. The lowest BCUT2D eigenvalue weighted by Crippen LogP contribution is -2.29. The van der Waals surface area contributed by atoms with Crippen LogP contribution in [-0.4, -0.2) is 26.8 Å². The molecule has 0 fully saturated rings. The standard InChI is InChI=1S/C23H17ClN4OS/c24-15-11-9-14(10-12-15)22-26-23(28-27-22)30-13-20(29)25-21-18-7-3-1-5-16(18)17-6-2-4-8-19(17)21/h1-12,21H,13H2,(H,25,29)(H,26,27,28). The number of nitrogens with zero attached hydrogens (tertiary/aromatic N) is 2. The number of nitrogens with one attached hydrogen (secondary N) is 2. The number of carbonyl (C=O) groups is 1. The topological polar surface area (TPSA) is 70.7 Å². The summed E-state index contributed by atoms with van der Waals surface area (Å²) in [4.78, 5) is 17.2. The van der Waals surface area contributed by atoms with Crippen LogP contribution in [0.25, 0.3) is 22.5 Å². The quantitative estimate of drug-likeness (QED) is 0.430. The molecule has 2 N–H and O–H groups in total. The number of H-pyrrole nitrogens is 1. The van der Waals surface area contributed by atoms with E-state index in [4.69, 9.17) is 11.6 Å². The van der Waals surface area contributed by atoms with Crippen LogP contribution in [0, 0.1) is 0 Å². The van der Waals surface area contributed by atoms with Gasteiger partial charge in [-0.2, -0.15) is 0 Å². The first-order chi connectivity index (χ1) is 14.7. The Bertz CT molecular complexity index is 1180. The second-order valence-corrected chi connectivity index (χ2v) is 8.32. The molecule has 0 radical (unpaired) electrons. The predicted molar refractivity (Wildman–Crippen MR) is 119 cm³/mol. The van der Waals surface area contributed by atoms with Gasteiger partial charge in [0.25, 0.3) is 0 Å². The van der Waals surface area contributed by atoms with E-state index in [1.807, 2.05) is 36.4 Å². The lowest BCUT2D eigenvalue weighted by atomic mass is 10.1. The van der Waals surface area contributed by atoms with Gasteiger partial charge in [0.05, 0.1) is 11.8 Å². The van der Waals surface area contributed by atoms with Crippen LogP contribution >= 0.6 is 23.4 Å². The Kier molecular flexibility index (Phi) is 5.02. The molecule has 148 valence electrons. The van der Waals surface area contributed by atoms with Gasteiger partial charge in [-0.1, -0.05) is 71.9 Å². The molecule has 4 aromatic rings. The minimum absolute atomic E-state index is 0.0608. The largest absolute Gasteiger partial charge is 0.344 e. The van der Waals surface area contributed by atoms with E-state index < -0.39 is 0 Å². The first-order valence-electron chi connectivity index (χ1n) is 9.48. The van der Waals surface area contributed by atoms with Gasteiger partial charge in [0.15, 0.2) is 5.82 Å². The van der Waals surface area contributed by atoms with Crippen LogP contribution in [0.1, 0.15) is 17.2 Å². The highest BCUT2D eigenvalue weighted by Crippen LogP contribution is 2.43. The molecule has 1 amide bonds. The lowest BCUT2D eigenvalue weighted by molar-refractivity contribution is -0.119. The Hall–Kier alpha value is -3.09. The number of carbonyl (C=O) groups excluding carboxylic acids is 1. The van der Waals surface area contributed by atoms with Gasteiger partial charge < -0.3 is 5.32 Å². The maximum atomic E-state index is 12.7. The highest BCUT2D eigenvalue weighted by molar-refractivity contribution is 7.99. The van der Waals surface area contributed by atoms with Gasteiger partial charge in [-0.05, 0) is 46.5 Å². The first-order valence-corrected chi connectivity index (χ1v) is 10.8. The molecule has 3 aromatic carbocycles. The fourth-order valence-corrected chi connectivity index (χ4v) is 4.43. The van der Waals surface area contributed by atoms with Crippen LogP contribution in [0.2, 0.25) is 5.02 Å². The Morgan fingerprint density at radius 3 is 2.27 bits per heavy atom. The van der Waals surface area contributed by atoms with E-state index in [2.05, 4.69) is 44.8 Å². The van der Waals surface area contributed by atoms with E-state index in [0.717, 1.165) is 16.7 Å². The molecule has 0 aliphatic heterocycles. The summed E-state index contributed by atoms with van der Waals surface area (Å²) in [7, 11) is 0. The summed E-state index contributed by atoms with van der Waals surface area (Å²) >= 11 is 7.23. The zero-order valence-electron chi connectivity index (χ0n) is 15.8. The second-order valence-electron chi connectivity index (χ2n) is 6.94. The molecule has 0 saturated heterocycles. The summed E-state index contributed by atoms with van der Waals surface area (Å²) in [6.45, 7) is 0. The normalized spacial score (nSPS) is 12.4. The molecule has 1 aliphatic rings. The molecule has 7 heteroatoms. The van der Waals surface area contributed by atoms with Gasteiger partial charge in [0.2, 0.25) is 11.1 Å². The average Bonchev–Trinajstić information content (AvgIpc) is 3.37. The molecular formula is C23H17ClN4OS. The molecule has 0 bridgehead atoms. The highest BCUT2D eigenvalue weighted by atomic mass is 35.5. The molecule has 1 heterocycles. The summed E-state index contributed by atoms with van der Waals surface area (Å²) in [6, 6.07) is 23.6. The van der Waals surface area contributed by atoms with Gasteiger partial charge in [0.1, 0.15) is 0 Å². The third-order valence-corrected chi connectivity index (χ3v) is 6.15. The maximum Gasteiger partial charge on any atom is 0.231 e. The van der Waals surface area contributed by atoms with Crippen molar-refractivity contribution in [1.29, 1.82) is 0 Å². The maximum absolute atomic E-state index is 12.7. The molecule has 0 saturated carbocycles. The highest BCUT2D eigenvalue weighted by Gasteiger charge is 2.29. The third-order valence-electron chi connectivity index (χ3n) is 5.05. The minimum Gasteiger partial charge on any atom is -0.344 e. The number of halogens is 1. The van der Waals surface area contributed by atoms with Gasteiger partial charge in [-0.25, -0.2) is 4.98 Å². The first kappa shape index (κ1) is 18.9. The molecular weight excluding hydrogens is 416 g/mol. The van der Waals surface area contributed by atoms with Crippen molar-refractivity contribution in [2.75, 3.05) is 5.75 Å². The molecule has 5 nitrogen and oxygen atoms in total. The van der Waals surface area contributed by atoms with Crippen molar-refractivity contribution >= 4 is 29.3 Å². The zero-order valence-corrected chi connectivity index (χ0v) is 17.4. The Labute approximate surface area is 182 Å². The predicted octanol–water partition coefficient (Wildman–Crippen LogP) is 5.10. The van der Waals surface area contributed by atoms with Crippen LogP contribution < -0.4 is 5.32 Å². The van der Waals surface area contributed by atoms with Gasteiger partial charge in [-0.3, -0.25) is 9.89 Å². The van der Waals surface area contributed by atoms with E-state index in [-0.39, 0.29) is 17.7 Å². The number of fused-ring (bicyclic) bond motifs is 3. The van der Waals surface area contributed by atoms with E-state index in [0.29, 0.717) is 16.0 Å². The van der Waals surface area contributed by atoms with Crippen LogP contribution in [0.4, 0.5) is 0 Å². The van der Waals surface area contributed by atoms with Crippen molar-refractivity contribution < 1.29 is 4.79 Å². The smallest absolute Gasteiger partial charge is 0.231 e. The number of rotatable bonds is 5. The molecule has 5 rings (SSSR count). The fourth-order valence-electron chi connectivity index (χ4n) is 3.69. The second kappa shape index (κ2) is 7.97. The fraction of sp³-hybridized carbons (Fsp3) is 0.0870. The molecule has 0 unspecified atom stereocenters. The number of benzene rings is 3. The summed E-state index contributed by atoms with van der Waals surface area (Å²) in [5.74, 6) is 0.821. The van der Waals surface area contributed by atoms with Crippen molar-refractivity contribution in [3.63, 3.8) is 0 Å². The molecule has 1 aliphatic carbocycles.